The van der Waals surface area contributed by atoms with E-state index in [1.807, 2.05) is 6.92 Å². The fourth-order valence-electron chi connectivity index (χ4n) is 2.88. The SMILES string of the molecule is Cc1nc(-c2c(N)nsc2N(C)CC2CCCN2C)cs1. The summed E-state index contributed by atoms with van der Waals surface area (Å²) >= 11 is 3.12. The molecule has 1 aliphatic heterocycles. The molecule has 0 bridgehead atoms. The molecule has 2 aromatic rings. The second kappa shape index (κ2) is 5.90. The van der Waals surface area contributed by atoms with Crippen LogP contribution in [0.4, 0.5) is 10.8 Å². The van der Waals surface area contributed by atoms with Crippen LogP contribution < -0.4 is 10.6 Å². The Morgan fingerprint density at radius 3 is 2.95 bits per heavy atom. The molecule has 1 fully saturated rings. The van der Waals surface area contributed by atoms with Crippen molar-refractivity contribution < 1.29 is 0 Å². The van der Waals surface area contributed by atoms with E-state index in [0.29, 0.717) is 11.9 Å². The number of anilines is 2. The smallest absolute Gasteiger partial charge is 0.148 e. The zero-order valence-corrected chi connectivity index (χ0v) is 14.3. The van der Waals surface area contributed by atoms with Crippen LogP contribution in [-0.4, -0.2) is 47.5 Å². The van der Waals surface area contributed by atoms with E-state index >= 15 is 0 Å². The van der Waals surface area contributed by atoms with Crippen LogP contribution in [0, 0.1) is 6.92 Å². The summed E-state index contributed by atoms with van der Waals surface area (Å²) in [6.07, 6.45) is 2.55. The van der Waals surface area contributed by atoms with Crippen LogP contribution in [0.15, 0.2) is 5.38 Å². The Labute approximate surface area is 133 Å². The zero-order chi connectivity index (χ0) is 15.0. The molecule has 1 saturated heterocycles. The van der Waals surface area contributed by atoms with Gasteiger partial charge in [-0.25, -0.2) is 4.98 Å². The van der Waals surface area contributed by atoms with Gasteiger partial charge in [-0.3, -0.25) is 0 Å². The third-order valence-electron chi connectivity index (χ3n) is 4.08. The summed E-state index contributed by atoms with van der Waals surface area (Å²) in [5, 5.41) is 4.24. The fourth-order valence-corrected chi connectivity index (χ4v) is 4.28. The molecule has 2 N–H and O–H groups in total. The Balaban J connectivity index is 1.85. The number of aromatic nitrogens is 2. The van der Waals surface area contributed by atoms with Crippen molar-refractivity contribution in [2.45, 2.75) is 25.8 Å². The van der Waals surface area contributed by atoms with Crippen molar-refractivity contribution in [2.24, 2.45) is 0 Å². The van der Waals surface area contributed by atoms with Crippen LogP contribution in [0.25, 0.3) is 11.3 Å². The molecule has 0 aliphatic carbocycles. The first kappa shape index (κ1) is 14.7. The second-order valence-electron chi connectivity index (χ2n) is 5.66. The van der Waals surface area contributed by atoms with E-state index in [2.05, 4.69) is 38.6 Å². The van der Waals surface area contributed by atoms with Crippen molar-refractivity contribution in [3.05, 3.63) is 10.4 Å². The van der Waals surface area contributed by atoms with Crippen LogP contribution in [0.3, 0.4) is 0 Å². The van der Waals surface area contributed by atoms with Crippen LogP contribution >= 0.6 is 22.9 Å². The summed E-state index contributed by atoms with van der Waals surface area (Å²) in [6.45, 7) is 4.22. The Morgan fingerprint density at radius 1 is 1.52 bits per heavy atom. The number of nitrogens with zero attached hydrogens (tertiary/aromatic N) is 4. The molecule has 7 heteroatoms. The number of nitrogen functional groups attached to an aromatic ring is 1. The van der Waals surface area contributed by atoms with E-state index in [-0.39, 0.29) is 0 Å². The molecule has 1 unspecified atom stereocenters. The van der Waals surface area contributed by atoms with Gasteiger partial charge in [0, 0.05) is 25.0 Å². The highest BCUT2D eigenvalue weighted by atomic mass is 32.1. The molecule has 0 spiro atoms. The topological polar surface area (TPSA) is 58.3 Å². The van der Waals surface area contributed by atoms with Gasteiger partial charge in [0.1, 0.15) is 10.8 Å². The summed E-state index contributed by atoms with van der Waals surface area (Å²) < 4.78 is 4.35. The molecule has 0 aromatic carbocycles. The highest BCUT2D eigenvalue weighted by Crippen LogP contribution is 2.39. The van der Waals surface area contributed by atoms with Crippen LogP contribution in [0.2, 0.25) is 0 Å². The first-order valence-electron chi connectivity index (χ1n) is 7.15. The van der Waals surface area contributed by atoms with Gasteiger partial charge in [0.25, 0.3) is 0 Å². The molecule has 1 aliphatic rings. The predicted molar refractivity (Wildman–Crippen MR) is 91.3 cm³/mol. The van der Waals surface area contributed by atoms with Crippen LogP contribution in [0.1, 0.15) is 17.8 Å². The molecule has 21 heavy (non-hydrogen) atoms. The third kappa shape index (κ3) is 2.90. The third-order valence-corrected chi connectivity index (χ3v) is 5.83. The Bertz CT molecular complexity index is 621. The van der Waals surface area contributed by atoms with Gasteiger partial charge < -0.3 is 15.5 Å². The monoisotopic (exact) mass is 323 g/mol. The van der Waals surface area contributed by atoms with E-state index in [4.69, 9.17) is 5.73 Å². The summed E-state index contributed by atoms with van der Waals surface area (Å²) in [5.41, 5.74) is 8.03. The quantitative estimate of drug-likeness (QED) is 0.937. The van der Waals surface area contributed by atoms with Crippen molar-refractivity contribution in [3.8, 4) is 11.3 Å². The van der Waals surface area contributed by atoms with Crippen molar-refractivity contribution >= 4 is 33.7 Å². The number of rotatable bonds is 4. The number of hydrogen-bond donors (Lipinski definition) is 1. The molecule has 0 saturated carbocycles. The summed E-state index contributed by atoms with van der Waals surface area (Å²) in [5.74, 6) is 0.590. The van der Waals surface area contributed by atoms with Gasteiger partial charge in [-0.1, -0.05) is 0 Å². The molecule has 1 atom stereocenters. The lowest BCUT2D eigenvalue weighted by Gasteiger charge is -2.26. The van der Waals surface area contributed by atoms with Gasteiger partial charge in [0.2, 0.25) is 0 Å². The molecular formula is C14H21N5S2. The van der Waals surface area contributed by atoms with Gasteiger partial charge in [-0.05, 0) is 44.9 Å². The standard InChI is InChI=1S/C14H21N5S2/c1-9-16-11(8-20-9)12-13(15)17-21-14(12)19(3)7-10-5-4-6-18(10)2/h8,10H,4-7H2,1-3H3,(H2,15,17). The minimum absolute atomic E-state index is 0.590. The Hall–Kier alpha value is -1.18. The molecular weight excluding hydrogens is 302 g/mol. The van der Waals surface area contributed by atoms with Gasteiger partial charge in [0.05, 0.1) is 16.3 Å². The highest BCUT2D eigenvalue weighted by molar-refractivity contribution is 7.11. The number of nitrogens with two attached hydrogens (primary N) is 1. The summed E-state index contributed by atoms with van der Waals surface area (Å²) in [6, 6.07) is 0.614. The van der Waals surface area contributed by atoms with Crippen molar-refractivity contribution in [1.82, 2.24) is 14.3 Å². The second-order valence-corrected chi connectivity index (χ2v) is 7.47. The average molecular weight is 323 g/mol. The molecule has 114 valence electrons. The van der Waals surface area contributed by atoms with E-state index in [0.717, 1.165) is 27.8 Å². The Kier molecular flexibility index (Phi) is 4.14. The predicted octanol–water partition coefficient (Wildman–Crippen LogP) is 2.69. The summed E-state index contributed by atoms with van der Waals surface area (Å²) in [7, 11) is 4.33. The van der Waals surface area contributed by atoms with Gasteiger partial charge in [0.15, 0.2) is 0 Å². The average Bonchev–Trinajstić information content (AvgIpc) is 3.12. The summed E-state index contributed by atoms with van der Waals surface area (Å²) in [4.78, 5) is 9.29. The number of thiazole rings is 1. The lowest BCUT2D eigenvalue weighted by molar-refractivity contribution is 0.314. The van der Waals surface area contributed by atoms with E-state index < -0.39 is 0 Å². The van der Waals surface area contributed by atoms with Gasteiger partial charge >= 0.3 is 0 Å². The van der Waals surface area contributed by atoms with Crippen molar-refractivity contribution in [1.29, 1.82) is 0 Å². The van der Waals surface area contributed by atoms with Gasteiger partial charge in [-0.2, -0.15) is 4.37 Å². The van der Waals surface area contributed by atoms with Crippen molar-refractivity contribution in [2.75, 3.05) is 37.8 Å². The maximum Gasteiger partial charge on any atom is 0.148 e. The van der Waals surface area contributed by atoms with Crippen LogP contribution in [-0.2, 0) is 0 Å². The number of likely N-dealkylation sites (tertiary alicyclic amines) is 1. The molecule has 3 heterocycles. The van der Waals surface area contributed by atoms with Crippen LogP contribution in [0.5, 0.6) is 0 Å². The molecule has 5 nitrogen and oxygen atoms in total. The maximum absolute atomic E-state index is 6.08. The van der Waals surface area contributed by atoms with E-state index in [9.17, 15) is 0 Å². The molecule has 0 amide bonds. The maximum atomic E-state index is 6.08. The van der Waals surface area contributed by atoms with Gasteiger partial charge in [-0.15, -0.1) is 11.3 Å². The minimum atomic E-state index is 0.590. The van der Waals surface area contributed by atoms with E-state index in [1.54, 1.807) is 11.3 Å². The first-order chi connectivity index (χ1) is 10.1. The molecule has 3 rings (SSSR count). The number of likely N-dealkylation sites (N-methyl/N-ethyl adjacent to an activating group) is 2. The zero-order valence-electron chi connectivity index (χ0n) is 12.7. The Morgan fingerprint density at radius 2 is 2.33 bits per heavy atom. The first-order valence-corrected chi connectivity index (χ1v) is 8.80. The molecule has 0 radical (unpaired) electrons. The number of hydrogen-bond acceptors (Lipinski definition) is 7. The minimum Gasteiger partial charge on any atom is -0.382 e. The van der Waals surface area contributed by atoms with E-state index in [1.165, 1.54) is 30.9 Å². The largest absolute Gasteiger partial charge is 0.382 e. The normalized spacial score (nSPS) is 19.3. The lowest BCUT2D eigenvalue weighted by atomic mass is 10.2. The van der Waals surface area contributed by atoms with Crippen molar-refractivity contribution in [3.63, 3.8) is 0 Å². The number of aryl methyl sites for hydroxylation is 1. The highest BCUT2D eigenvalue weighted by Gasteiger charge is 2.25. The molecule has 2 aromatic heterocycles. The fraction of sp³-hybridized carbons (Fsp3) is 0.571. The lowest BCUT2D eigenvalue weighted by Crippen LogP contribution is -2.36.